The van der Waals surface area contributed by atoms with E-state index in [1.807, 2.05) is 0 Å². The maximum absolute atomic E-state index is 12.6. The molecule has 0 aliphatic rings. The molecular formula is C10H11F3N4O2. The van der Waals surface area contributed by atoms with Crippen LogP contribution in [0.2, 0.25) is 0 Å². The third-order valence-electron chi connectivity index (χ3n) is 2.60. The molecule has 0 bridgehead atoms. The van der Waals surface area contributed by atoms with Gasteiger partial charge in [0.05, 0.1) is 18.7 Å². The van der Waals surface area contributed by atoms with Gasteiger partial charge in [-0.05, 0) is 6.07 Å². The van der Waals surface area contributed by atoms with E-state index < -0.39 is 17.6 Å². The number of aromatic nitrogens is 3. The molecule has 0 aliphatic heterocycles. The molecule has 3 N–H and O–H groups in total. The SMILES string of the molecule is COCCn1c(=O)[nH]c2c(N)nc(C(F)(F)F)cc21. The molecule has 0 amide bonds. The lowest BCUT2D eigenvalue weighted by Crippen LogP contribution is -2.19. The minimum atomic E-state index is -4.62. The lowest BCUT2D eigenvalue weighted by Gasteiger charge is -2.08. The molecule has 2 aromatic heterocycles. The summed E-state index contributed by atoms with van der Waals surface area (Å²) in [5.74, 6) is -0.363. The van der Waals surface area contributed by atoms with Crippen LogP contribution in [-0.4, -0.2) is 28.3 Å². The Labute approximate surface area is 105 Å². The molecule has 2 aromatic rings. The number of hydrogen-bond donors (Lipinski definition) is 2. The number of alkyl halides is 3. The molecule has 9 heteroatoms. The van der Waals surface area contributed by atoms with E-state index in [0.29, 0.717) is 0 Å². The summed E-state index contributed by atoms with van der Waals surface area (Å²) in [7, 11) is 1.43. The minimum absolute atomic E-state index is 0.0573. The van der Waals surface area contributed by atoms with Gasteiger partial charge in [-0.2, -0.15) is 13.2 Å². The summed E-state index contributed by atoms with van der Waals surface area (Å²) in [5.41, 5.74) is 3.90. The van der Waals surface area contributed by atoms with Gasteiger partial charge in [0.25, 0.3) is 0 Å². The maximum Gasteiger partial charge on any atom is 0.433 e. The summed E-state index contributed by atoms with van der Waals surface area (Å²) in [5, 5.41) is 0. The second kappa shape index (κ2) is 4.57. The molecule has 0 radical (unpaired) electrons. The van der Waals surface area contributed by atoms with Crippen molar-refractivity contribution in [2.75, 3.05) is 19.5 Å². The van der Waals surface area contributed by atoms with E-state index in [9.17, 15) is 18.0 Å². The number of fused-ring (bicyclic) bond motifs is 1. The topological polar surface area (TPSA) is 85.9 Å². The highest BCUT2D eigenvalue weighted by Gasteiger charge is 2.34. The van der Waals surface area contributed by atoms with Crippen LogP contribution in [0, 0.1) is 0 Å². The van der Waals surface area contributed by atoms with Gasteiger partial charge in [-0.15, -0.1) is 0 Å². The number of H-pyrrole nitrogens is 1. The maximum atomic E-state index is 12.6. The summed E-state index contributed by atoms with van der Waals surface area (Å²) in [4.78, 5) is 17.3. The smallest absolute Gasteiger partial charge is 0.383 e. The molecule has 0 saturated heterocycles. The van der Waals surface area contributed by atoms with Crippen LogP contribution in [0.15, 0.2) is 10.9 Å². The van der Waals surface area contributed by atoms with Gasteiger partial charge in [0.2, 0.25) is 0 Å². The minimum Gasteiger partial charge on any atom is -0.383 e. The molecule has 0 aliphatic carbocycles. The van der Waals surface area contributed by atoms with E-state index in [4.69, 9.17) is 10.5 Å². The van der Waals surface area contributed by atoms with Crippen molar-refractivity contribution >= 4 is 16.9 Å². The highest BCUT2D eigenvalue weighted by atomic mass is 19.4. The Morgan fingerprint density at radius 2 is 2.21 bits per heavy atom. The van der Waals surface area contributed by atoms with Crippen molar-refractivity contribution in [2.45, 2.75) is 12.7 Å². The molecule has 6 nitrogen and oxygen atoms in total. The van der Waals surface area contributed by atoms with Gasteiger partial charge in [-0.1, -0.05) is 0 Å². The van der Waals surface area contributed by atoms with E-state index in [-0.39, 0.29) is 30.0 Å². The second-order valence-electron chi connectivity index (χ2n) is 3.86. The number of nitrogens with zero attached hydrogens (tertiary/aromatic N) is 2. The van der Waals surface area contributed by atoms with Gasteiger partial charge in [0, 0.05) is 7.11 Å². The first-order valence-electron chi connectivity index (χ1n) is 5.29. The lowest BCUT2D eigenvalue weighted by atomic mass is 10.3. The van der Waals surface area contributed by atoms with Crippen molar-refractivity contribution in [3.8, 4) is 0 Å². The zero-order valence-electron chi connectivity index (χ0n) is 9.91. The van der Waals surface area contributed by atoms with Crippen LogP contribution in [0.4, 0.5) is 19.0 Å². The largest absolute Gasteiger partial charge is 0.433 e. The van der Waals surface area contributed by atoms with Crippen molar-refractivity contribution in [1.29, 1.82) is 0 Å². The summed E-state index contributed by atoms with van der Waals surface area (Å²) in [6.07, 6.45) is -4.62. The molecule has 0 aromatic carbocycles. The second-order valence-corrected chi connectivity index (χ2v) is 3.86. The van der Waals surface area contributed by atoms with Gasteiger partial charge in [-0.3, -0.25) is 4.57 Å². The summed E-state index contributed by atoms with van der Waals surface area (Å²) in [6.45, 7) is 0.312. The van der Waals surface area contributed by atoms with Crippen molar-refractivity contribution in [1.82, 2.24) is 14.5 Å². The fraction of sp³-hybridized carbons (Fsp3) is 0.400. The standard InChI is InChI=1S/C10H11F3N4O2/c1-19-3-2-17-5-4-6(10(11,12)13)15-8(14)7(5)16-9(17)18/h4H,2-3H2,1H3,(H2,14,15)(H,16,18). The predicted molar refractivity (Wildman–Crippen MR) is 61.6 cm³/mol. The van der Waals surface area contributed by atoms with Crippen molar-refractivity contribution in [2.24, 2.45) is 0 Å². The lowest BCUT2D eigenvalue weighted by molar-refractivity contribution is -0.141. The Hall–Kier alpha value is -2.03. The number of hydrogen-bond acceptors (Lipinski definition) is 4. The van der Waals surface area contributed by atoms with Crippen LogP contribution in [0.25, 0.3) is 11.0 Å². The number of methoxy groups -OCH3 is 1. The Morgan fingerprint density at radius 3 is 2.79 bits per heavy atom. The fourth-order valence-corrected chi connectivity index (χ4v) is 1.73. The number of halogens is 3. The van der Waals surface area contributed by atoms with Crippen molar-refractivity contribution in [3.63, 3.8) is 0 Å². The van der Waals surface area contributed by atoms with Crippen LogP contribution < -0.4 is 11.4 Å². The molecule has 2 heterocycles. The van der Waals surface area contributed by atoms with Crippen LogP contribution in [0.5, 0.6) is 0 Å². The van der Waals surface area contributed by atoms with Crippen molar-refractivity contribution in [3.05, 3.63) is 22.2 Å². The van der Waals surface area contributed by atoms with E-state index in [1.165, 1.54) is 7.11 Å². The van der Waals surface area contributed by atoms with Gasteiger partial charge >= 0.3 is 11.9 Å². The number of ether oxygens (including phenoxy) is 1. The molecular weight excluding hydrogens is 265 g/mol. The number of aromatic amines is 1. The van der Waals surface area contributed by atoms with Gasteiger partial charge in [0.1, 0.15) is 17.0 Å². The summed E-state index contributed by atoms with van der Waals surface area (Å²) in [6, 6.07) is 0.791. The Morgan fingerprint density at radius 1 is 1.53 bits per heavy atom. The first-order valence-corrected chi connectivity index (χ1v) is 5.29. The van der Waals surface area contributed by atoms with E-state index >= 15 is 0 Å². The first kappa shape index (κ1) is 13.4. The summed E-state index contributed by atoms with van der Waals surface area (Å²) < 4.78 is 43.9. The third kappa shape index (κ3) is 2.41. The zero-order chi connectivity index (χ0) is 14.2. The van der Waals surface area contributed by atoms with E-state index in [1.54, 1.807) is 0 Å². The van der Waals surface area contributed by atoms with Crippen LogP contribution in [0.3, 0.4) is 0 Å². The van der Waals surface area contributed by atoms with Crippen LogP contribution in [-0.2, 0) is 17.5 Å². The predicted octanol–water partition coefficient (Wildman–Crippen LogP) is 0.972. The Bertz CT molecular complexity index is 659. The molecule has 104 valence electrons. The van der Waals surface area contributed by atoms with Crippen LogP contribution in [0.1, 0.15) is 5.69 Å². The average Bonchev–Trinajstić information content (AvgIpc) is 2.62. The molecule has 0 saturated carbocycles. The third-order valence-corrected chi connectivity index (χ3v) is 2.60. The Kier molecular flexibility index (Phi) is 3.23. The van der Waals surface area contributed by atoms with Crippen molar-refractivity contribution < 1.29 is 17.9 Å². The quantitative estimate of drug-likeness (QED) is 0.874. The molecule has 0 spiro atoms. The molecule has 19 heavy (non-hydrogen) atoms. The number of nitrogen functional groups attached to an aromatic ring is 1. The van der Waals surface area contributed by atoms with Crippen LogP contribution >= 0.6 is 0 Å². The number of imidazole rings is 1. The molecule has 0 fully saturated rings. The molecule has 0 atom stereocenters. The highest BCUT2D eigenvalue weighted by Crippen LogP contribution is 2.30. The fourth-order valence-electron chi connectivity index (χ4n) is 1.73. The molecule has 0 unspecified atom stereocenters. The highest BCUT2D eigenvalue weighted by molar-refractivity contribution is 5.85. The van der Waals surface area contributed by atoms with Gasteiger partial charge in [0.15, 0.2) is 0 Å². The zero-order valence-corrected chi connectivity index (χ0v) is 9.91. The van der Waals surface area contributed by atoms with Gasteiger partial charge in [-0.25, -0.2) is 9.78 Å². The van der Waals surface area contributed by atoms with E-state index in [2.05, 4.69) is 9.97 Å². The average molecular weight is 276 g/mol. The van der Waals surface area contributed by atoms with E-state index in [0.717, 1.165) is 10.6 Å². The molecule has 2 rings (SSSR count). The number of rotatable bonds is 3. The number of nitrogens with two attached hydrogens (primary N) is 1. The Balaban J connectivity index is 2.66. The number of anilines is 1. The van der Waals surface area contributed by atoms with Gasteiger partial charge < -0.3 is 15.5 Å². The number of pyridine rings is 1. The number of nitrogens with one attached hydrogen (secondary N) is 1. The normalized spacial score (nSPS) is 12.2. The summed E-state index contributed by atoms with van der Waals surface area (Å²) >= 11 is 0. The first-order chi connectivity index (χ1) is 8.84. The monoisotopic (exact) mass is 276 g/mol.